The SMILES string of the molecule is O=C(O)N(c1cscn1)S(=O)(=O)c1ccc(Br)c(C(F)(F)F)c1. The van der Waals surface area contributed by atoms with E-state index in [0.29, 0.717) is 6.07 Å². The summed E-state index contributed by atoms with van der Waals surface area (Å²) in [4.78, 5) is 14.0. The molecule has 12 heteroatoms. The van der Waals surface area contributed by atoms with Crippen LogP contribution in [0.5, 0.6) is 0 Å². The number of carbonyl (C=O) groups is 1. The summed E-state index contributed by atoms with van der Waals surface area (Å²) in [5.41, 5.74) is -0.0361. The molecule has 0 saturated heterocycles. The van der Waals surface area contributed by atoms with Crippen molar-refractivity contribution in [2.75, 3.05) is 4.31 Å². The molecule has 0 aliphatic rings. The second kappa shape index (κ2) is 6.09. The van der Waals surface area contributed by atoms with Crippen LogP contribution in [0.3, 0.4) is 0 Å². The van der Waals surface area contributed by atoms with Gasteiger partial charge in [-0.2, -0.15) is 13.2 Å². The van der Waals surface area contributed by atoms with Gasteiger partial charge < -0.3 is 5.11 Å². The number of nitrogens with zero attached hydrogens (tertiary/aromatic N) is 2. The number of alkyl halides is 3. The van der Waals surface area contributed by atoms with Crippen LogP contribution in [0.4, 0.5) is 23.8 Å². The molecule has 0 fully saturated rings. The standard InChI is InChI=1S/C11H6BrF3N2O4S2/c12-8-2-1-6(3-7(8)11(13,14)15)23(20,21)17(10(18)19)9-4-22-5-16-9/h1-5H,(H,18,19). The van der Waals surface area contributed by atoms with E-state index >= 15 is 0 Å². The molecule has 1 heterocycles. The quantitative estimate of drug-likeness (QED) is 0.799. The second-order valence-corrected chi connectivity index (χ2v) is 7.40. The normalized spacial score (nSPS) is 12.2. The summed E-state index contributed by atoms with van der Waals surface area (Å²) in [6, 6.07) is 2.12. The van der Waals surface area contributed by atoms with Crippen LogP contribution in [0.1, 0.15) is 5.56 Å². The molecule has 0 aliphatic heterocycles. The van der Waals surface area contributed by atoms with Gasteiger partial charge in [0.2, 0.25) is 0 Å². The van der Waals surface area contributed by atoms with E-state index in [0.717, 1.165) is 28.8 Å². The Balaban J connectivity index is 2.62. The van der Waals surface area contributed by atoms with Gasteiger partial charge in [-0.15, -0.1) is 15.6 Å². The van der Waals surface area contributed by atoms with E-state index in [-0.39, 0.29) is 8.78 Å². The highest BCUT2D eigenvalue weighted by Gasteiger charge is 2.37. The van der Waals surface area contributed by atoms with Crippen LogP contribution < -0.4 is 4.31 Å². The van der Waals surface area contributed by atoms with Gasteiger partial charge in [0, 0.05) is 9.85 Å². The van der Waals surface area contributed by atoms with Crippen molar-refractivity contribution in [3.63, 3.8) is 0 Å². The van der Waals surface area contributed by atoms with Crippen LogP contribution in [0, 0.1) is 0 Å². The second-order valence-electron chi connectivity index (χ2n) is 4.04. The minimum atomic E-state index is -4.81. The molecule has 0 aliphatic carbocycles. The Morgan fingerprint density at radius 3 is 2.48 bits per heavy atom. The number of sulfonamides is 1. The Morgan fingerprint density at radius 1 is 1.35 bits per heavy atom. The van der Waals surface area contributed by atoms with E-state index in [1.54, 1.807) is 0 Å². The van der Waals surface area contributed by atoms with Crippen molar-refractivity contribution in [1.29, 1.82) is 0 Å². The largest absolute Gasteiger partial charge is 0.464 e. The summed E-state index contributed by atoms with van der Waals surface area (Å²) in [6.45, 7) is 0. The van der Waals surface area contributed by atoms with Gasteiger partial charge in [-0.05, 0) is 18.2 Å². The number of hydrogen-bond donors (Lipinski definition) is 1. The zero-order valence-corrected chi connectivity index (χ0v) is 14.0. The van der Waals surface area contributed by atoms with Crippen molar-refractivity contribution in [2.45, 2.75) is 11.1 Å². The predicted molar refractivity (Wildman–Crippen MR) is 78.9 cm³/mol. The van der Waals surface area contributed by atoms with Gasteiger partial charge in [-0.25, -0.2) is 18.2 Å². The molecule has 0 radical (unpaired) electrons. The lowest BCUT2D eigenvalue weighted by Crippen LogP contribution is -2.36. The van der Waals surface area contributed by atoms with Gasteiger partial charge in [0.25, 0.3) is 10.0 Å². The third-order valence-corrected chi connectivity index (χ3v) is 5.52. The van der Waals surface area contributed by atoms with Crippen molar-refractivity contribution < 1.29 is 31.5 Å². The number of aromatic nitrogens is 1. The average molecular weight is 431 g/mol. The van der Waals surface area contributed by atoms with Crippen molar-refractivity contribution >= 4 is 49.2 Å². The number of hydrogen-bond acceptors (Lipinski definition) is 5. The highest BCUT2D eigenvalue weighted by Crippen LogP contribution is 2.37. The molecule has 1 aromatic heterocycles. The number of rotatable bonds is 3. The smallest absolute Gasteiger partial charge is 0.427 e. The minimum Gasteiger partial charge on any atom is -0.464 e. The molecule has 1 amide bonds. The first-order valence-corrected chi connectivity index (χ1v) is 8.76. The first-order valence-electron chi connectivity index (χ1n) is 5.58. The lowest BCUT2D eigenvalue weighted by molar-refractivity contribution is -0.138. The van der Waals surface area contributed by atoms with Crippen LogP contribution in [0.15, 0.2) is 38.5 Å². The Kier molecular flexibility index (Phi) is 4.69. The number of benzene rings is 1. The van der Waals surface area contributed by atoms with Crippen molar-refractivity contribution in [3.05, 3.63) is 39.1 Å². The van der Waals surface area contributed by atoms with E-state index in [1.165, 1.54) is 5.51 Å². The molecule has 0 saturated carbocycles. The molecular formula is C11H6BrF3N2O4S2. The van der Waals surface area contributed by atoms with E-state index in [9.17, 15) is 26.4 Å². The van der Waals surface area contributed by atoms with Crippen LogP contribution in [0.25, 0.3) is 0 Å². The summed E-state index contributed by atoms with van der Waals surface area (Å²) >= 11 is 3.62. The fourth-order valence-electron chi connectivity index (χ4n) is 1.62. The fraction of sp³-hybridized carbons (Fsp3) is 0.0909. The van der Waals surface area contributed by atoms with Crippen molar-refractivity contribution in [3.8, 4) is 0 Å². The Bertz CT molecular complexity index is 837. The maximum Gasteiger partial charge on any atom is 0.427 e. The van der Waals surface area contributed by atoms with Crippen LogP contribution in [-0.2, 0) is 16.2 Å². The lowest BCUT2D eigenvalue weighted by atomic mass is 10.2. The topological polar surface area (TPSA) is 87.6 Å². The van der Waals surface area contributed by atoms with E-state index in [4.69, 9.17) is 5.11 Å². The predicted octanol–water partition coefficient (Wildman–Crippen LogP) is 3.80. The zero-order chi connectivity index (χ0) is 17.4. The van der Waals surface area contributed by atoms with Gasteiger partial charge in [0.05, 0.1) is 16.0 Å². The molecule has 0 atom stereocenters. The molecule has 0 bridgehead atoms. The Labute approximate surface area is 140 Å². The molecule has 6 nitrogen and oxygen atoms in total. The van der Waals surface area contributed by atoms with Crippen LogP contribution in [-0.4, -0.2) is 24.6 Å². The number of halogens is 4. The summed E-state index contributed by atoms with van der Waals surface area (Å²) in [6.07, 6.45) is -6.69. The first-order chi connectivity index (χ1) is 10.5. The van der Waals surface area contributed by atoms with Crippen molar-refractivity contribution in [2.24, 2.45) is 0 Å². The van der Waals surface area contributed by atoms with Crippen LogP contribution >= 0.6 is 27.3 Å². The van der Waals surface area contributed by atoms with E-state index < -0.39 is 38.6 Å². The van der Waals surface area contributed by atoms with Gasteiger partial charge in [-0.3, -0.25) is 0 Å². The molecule has 0 spiro atoms. The van der Waals surface area contributed by atoms with Gasteiger partial charge in [0.15, 0.2) is 5.82 Å². The minimum absolute atomic E-state index is 0.0765. The third-order valence-electron chi connectivity index (χ3n) is 2.58. The summed E-state index contributed by atoms with van der Waals surface area (Å²) in [5.74, 6) is -0.418. The van der Waals surface area contributed by atoms with E-state index in [2.05, 4.69) is 20.9 Å². The number of amides is 1. The highest BCUT2D eigenvalue weighted by atomic mass is 79.9. The lowest BCUT2D eigenvalue weighted by Gasteiger charge is -2.18. The summed E-state index contributed by atoms with van der Waals surface area (Å²) in [7, 11) is -4.77. The Hall–Kier alpha value is -1.66. The summed E-state index contributed by atoms with van der Waals surface area (Å²) < 4.78 is 63.0. The summed E-state index contributed by atoms with van der Waals surface area (Å²) in [5, 5.41) is 10.3. The molecule has 2 rings (SSSR count). The maximum atomic E-state index is 12.9. The molecule has 1 N–H and O–H groups in total. The first kappa shape index (κ1) is 17.7. The third kappa shape index (κ3) is 3.48. The molecule has 1 aromatic carbocycles. The van der Waals surface area contributed by atoms with E-state index in [1.807, 2.05) is 0 Å². The molecular weight excluding hydrogens is 425 g/mol. The molecule has 0 unspecified atom stereocenters. The van der Waals surface area contributed by atoms with Gasteiger partial charge in [0.1, 0.15) is 0 Å². The monoisotopic (exact) mass is 430 g/mol. The number of thiazole rings is 1. The van der Waals surface area contributed by atoms with Crippen molar-refractivity contribution in [1.82, 2.24) is 4.98 Å². The molecule has 2 aromatic rings. The highest BCUT2D eigenvalue weighted by molar-refractivity contribution is 9.10. The molecule has 23 heavy (non-hydrogen) atoms. The van der Waals surface area contributed by atoms with Gasteiger partial charge >= 0.3 is 12.3 Å². The number of anilines is 1. The maximum absolute atomic E-state index is 12.9. The van der Waals surface area contributed by atoms with Crippen LogP contribution in [0.2, 0.25) is 0 Å². The van der Waals surface area contributed by atoms with Gasteiger partial charge in [-0.1, -0.05) is 15.9 Å². The molecule has 124 valence electrons. The number of carboxylic acid groups (broad SMARTS) is 1. The fourth-order valence-corrected chi connectivity index (χ4v) is 3.94. The Morgan fingerprint density at radius 2 is 2.00 bits per heavy atom. The average Bonchev–Trinajstić information content (AvgIpc) is 2.90. The zero-order valence-electron chi connectivity index (χ0n) is 10.8.